The molecular weight excluding hydrogens is 479 g/mol. The largest absolute Gasteiger partial charge is 0.494 e. The molecule has 0 radical (unpaired) electrons. The van der Waals surface area contributed by atoms with E-state index in [1.807, 2.05) is 35.2 Å². The van der Waals surface area contributed by atoms with Crippen molar-refractivity contribution in [2.75, 3.05) is 33.3 Å². The predicted molar refractivity (Wildman–Crippen MR) is 128 cm³/mol. The first kappa shape index (κ1) is 23.8. The van der Waals surface area contributed by atoms with E-state index in [1.165, 1.54) is 12.8 Å². The zero-order valence-electron chi connectivity index (χ0n) is 17.4. The Balaban J connectivity index is 0.00000300. The molecule has 1 aromatic carbocycles. The van der Waals surface area contributed by atoms with Gasteiger partial charge in [0.1, 0.15) is 5.75 Å². The van der Waals surface area contributed by atoms with Crippen LogP contribution in [-0.4, -0.2) is 56.1 Å². The smallest absolute Gasteiger partial charge is 0.225 e. The van der Waals surface area contributed by atoms with Gasteiger partial charge in [-0.2, -0.15) is 0 Å². The fraction of sp³-hybridized carbons (Fsp3) is 0.636. The molecule has 2 aliphatic rings. The third-order valence-electron chi connectivity index (χ3n) is 5.64. The number of guanidine groups is 1. The lowest BCUT2D eigenvalue weighted by atomic mass is 10.1. The molecule has 6 nitrogen and oxygen atoms in total. The Morgan fingerprint density at radius 1 is 1.17 bits per heavy atom. The quantitative estimate of drug-likeness (QED) is 0.242. The molecule has 162 valence electrons. The Bertz CT molecular complexity index is 635. The number of benzene rings is 1. The standard InChI is InChI=1S/C22H34N4O2.HI/c1-23-22(24-14-7-8-16-28-20-11-3-2-4-12-20)25-19-13-15-26(17-19)21(27)18-9-5-6-10-18;/h2-4,11-12,18-19H,5-10,13-17H2,1H3,(H2,23,24,25);1H. The molecule has 1 saturated heterocycles. The second-order valence-corrected chi connectivity index (χ2v) is 7.76. The molecule has 0 spiro atoms. The fourth-order valence-corrected chi connectivity index (χ4v) is 4.04. The number of nitrogens with zero attached hydrogens (tertiary/aromatic N) is 2. The minimum Gasteiger partial charge on any atom is -0.494 e. The molecular formula is C22H35IN4O2. The number of ether oxygens (including phenoxy) is 1. The van der Waals surface area contributed by atoms with E-state index in [0.29, 0.717) is 5.91 Å². The summed E-state index contributed by atoms with van der Waals surface area (Å²) in [5, 5.41) is 6.85. The van der Waals surface area contributed by atoms with Crippen LogP contribution in [0.4, 0.5) is 0 Å². The average molecular weight is 514 g/mol. The van der Waals surface area contributed by atoms with E-state index in [0.717, 1.165) is 70.1 Å². The van der Waals surface area contributed by atoms with Gasteiger partial charge in [0.15, 0.2) is 5.96 Å². The average Bonchev–Trinajstić information content (AvgIpc) is 3.42. The van der Waals surface area contributed by atoms with Crippen LogP contribution in [0, 0.1) is 5.92 Å². The normalized spacial score (nSPS) is 19.7. The Labute approximate surface area is 191 Å². The summed E-state index contributed by atoms with van der Waals surface area (Å²) >= 11 is 0. The zero-order valence-corrected chi connectivity index (χ0v) is 19.8. The van der Waals surface area contributed by atoms with Crippen molar-refractivity contribution in [1.29, 1.82) is 0 Å². The van der Waals surface area contributed by atoms with Gasteiger partial charge in [-0.05, 0) is 44.2 Å². The number of hydrogen-bond donors (Lipinski definition) is 2. The maximum absolute atomic E-state index is 12.6. The van der Waals surface area contributed by atoms with Crippen molar-refractivity contribution in [1.82, 2.24) is 15.5 Å². The van der Waals surface area contributed by atoms with Crippen LogP contribution in [0.3, 0.4) is 0 Å². The highest BCUT2D eigenvalue weighted by atomic mass is 127. The molecule has 2 N–H and O–H groups in total. The minimum absolute atomic E-state index is 0. The van der Waals surface area contributed by atoms with E-state index in [-0.39, 0.29) is 35.9 Å². The van der Waals surface area contributed by atoms with Gasteiger partial charge < -0.3 is 20.3 Å². The van der Waals surface area contributed by atoms with Crippen molar-refractivity contribution in [3.8, 4) is 5.75 Å². The summed E-state index contributed by atoms with van der Waals surface area (Å²) in [4.78, 5) is 18.9. The summed E-state index contributed by atoms with van der Waals surface area (Å²) in [6.07, 6.45) is 7.56. The van der Waals surface area contributed by atoms with Gasteiger partial charge >= 0.3 is 0 Å². The zero-order chi connectivity index (χ0) is 19.6. The second-order valence-electron chi connectivity index (χ2n) is 7.76. The van der Waals surface area contributed by atoms with E-state index < -0.39 is 0 Å². The monoisotopic (exact) mass is 514 g/mol. The maximum atomic E-state index is 12.6. The summed E-state index contributed by atoms with van der Waals surface area (Å²) in [5.74, 6) is 2.38. The lowest BCUT2D eigenvalue weighted by molar-refractivity contribution is -0.134. The number of carbonyl (C=O) groups is 1. The first-order valence-electron chi connectivity index (χ1n) is 10.7. The summed E-state index contributed by atoms with van der Waals surface area (Å²) in [5.41, 5.74) is 0. The molecule has 7 heteroatoms. The van der Waals surface area contributed by atoms with Crippen molar-refractivity contribution in [3.05, 3.63) is 30.3 Å². The van der Waals surface area contributed by atoms with Gasteiger partial charge in [-0.15, -0.1) is 24.0 Å². The number of rotatable bonds is 8. The van der Waals surface area contributed by atoms with Gasteiger partial charge in [0, 0.05) is 38.6 Å². The molecule has 1 atom stereocenters. The van der Waals surface area contributed by atoms with E-state index in [1.54, 1.807) is 7.05 Å². The Morgan fingerprint density at radius 3 is 2.66 bits per heavy atom. The van der Waals surface area contributed by atoms with Crippen molar-refractivity contribution >= 4 is 35.8 Å². The van der Waals surface area contributed by atoms with Crippen LogP contribution in [0.1, 0.15) is 44.9 Å². The number of nitrogens with one attached hydrogen (secondary N) is 2. The SMILES string of the molecule is CN=C(NCCCCOc1ccccc1)NC1CCN(C(=O)C2CCCC2)C1.I. The number of carbonyl (C=O) groups excluding carboxylic acids is 1. The van der Waals surface area contributed by atoms with Crippen molar-refractivity contribution < 1.29 is 9.53 Å². The third-order valence-corrected chi connectivity index (χ3v) is 5.64. The van der Waals surface area contributed by atoms with E-state index in [2.05, 4.69) is 15.6 Å². The number of aliphatic imine (C=N–C) groups is 1. The molecule has 1 amide bonds. The summed E-state index contributed by atoms with van der Waals surface area (Å²) in [6, 6.07) is 10.2. The van der Waals surface area contributed by atoms with Crippen LogP contribution >= 0.6 is 24.0 Å². The van der Waals surface area contributed by atoms with Crippen molar-refractivity contribution in [2.24, 2.45) is 10.9 Å². The van der Waals surface area contributed by atoms with Crippen LogP contribution in [-0.2, 0) is 4.79 Å². The third kappa shape index (κ3) is 7.68. The van der Waals surface area contributed by atoms with Crippen LogP contribution in [0.15, 0.2) is 35.3 Å². The molecule has 1 saturated carbocycles. The molecule has 3 rings (SSSR count). The number of unbranched alkanes of at least 4 members (excludes halogenated alkanes) is 1. The lowest BCUT2D eigenvalue weighted by Crippen LogP contribution is -2.45. The van der Waals surface area contributed by atoms with Crippen LogP contribution < -0.4 is 15.4 Å². The summed E-state index contributed by atoms with van der Waals surface area (Å²) in [7, 11) is 1.80. The fourth-order valence-electron chi connectivity index (χ4n) is 4.04. The van der Waals surface area contributed by atoms with Crippen LogP contribution in [0.5, 0.6) is 5.75 Å². The van der Waals surface area contributed by atoms with Gasteiger partial charge in [0.25, 0.3) is 0 Å². The highest BCUT2D eigenvalue weighted by Crippen LogP contribution is 2.27. The Morgan fingerprint density at radius 2 is 1.93 bits per heavy atom. The van der Waals surface area contributed by atoms with Crippen LogP contribution in [0.25, 0.3) is 0 Å². The topological polar surface area (TPSA) is 66.0 Å². The van der Waals surface area contributed by atoms with Gasteiger partial charge in [-0.25, -0.2) is 0 Å². The maximum Gasteiger partial charge on any atom is 0.225 e. The van der Waals surface area contributed by atoms with Crippen LogP contribution in [0.2, 0.25) is 0 Å². The highest BCUT2D eigenvalue weighted by molar-refractivity contribution is 14.0. The Kier molecular flexibility index (Phi) is 10.6. The number of hydrogen-bond acceptors (Lipinski definition) is 3. The number of halogens is 1. The molecule has 1 unspecified atom stereocenters. The molecule has 0 bridgehead atoms. The highest BCUT2D eigenvalue weighted by Gasteiger charge is 2.32. The summed E-state index contributed by atoms with van der Waals surface area (Å²) < 4.78 is 5.71. The molecule has 2 fully saturated rings. The van der Waals surface area contributed by atoms with E-state index in [9.17, 15) is 4.79 Å². The molecule has 0 aromatic heterocycles. The molecule has 29 heavy (non-hydrogen) atoms. The van der Waals surface area contributed by atoms with Gasteiger partial charge in [0.05, 0.1) is 6.61 Å². The first-order valence-corrected chi connectivity index (χ1v) is 10.7. The van der Waals surface area contributed by atoms with Gasteiger partial charge in [0.2, 0.25) is 5.91 Å². The molecule has 1 heterocycles. The Hall–Kier alpha value is -1.51. The molecule has 1 aromatic rings. The van der Waals surface area contributed by atoms with Gasteiger partial charge in [-0.3, -0.25) is 9.79 Å². The van der Waals surface area contributed by atoms with Crippen molar-refractivity contribution in [3.63, 3.8) is 0 Å². The second kappa shape index (κ2) is 12.9. The van der Waals surface area contributed by atoms with E-state index in [4.69, 9.17) is 4.74 Å². The number of amides is 1. The van der Waals surface area contributed by atoms with E-state index >= 15 is 0 Å². The summed E-state index contributed by atoms with van der Waals surface area (Å²) in [6.45, 7) is 3.23. The molecule has 1 aliphatic carbocycles. The minimum atomic E-state index is 0. The van der Waals surface area contributed by atoms with Gasteiger partial charge in [-0.1, -0.05) is 31.0 Å². The van der Waals surface area contributed by atoms with Crippen molar-refractivity contribution in [2.45, 2.75) is 51.0 Å². The number of para-hydroxylation sites is 1. The predicted octanol–water partition coefficient (Wildman–Crippen LogP) is 3.42. The lowest BCUT2D eigenvalue weighted by Gasteiger charge is -2.21. The first-order chi connectivity index (χ1) is 13.8. The molecule has 1 aliphatic heterocycles. The number of likely N-dealkylation sites (tertiary alicyclic amines) is 1.